The van der Waals surface area contributed by atoms with Crippen LogP contribution in [0.25, 0.3) is 0 Å². The van der Waals surface area contributed by atoms with Gasteiger partial charge in [0.05, 0.1) is 9.93 Å². The van der Waals surface area contributed by atoms with Gasteiger partial charge in [-0.3, -0.25) is 10.1 Å². The Kier molecular flexibility index (Phi) is 4.79. The summed E-state index contributed by atoms with van der Waals surface area (Å²) in [6, 6.07) is 4.48. The summed E-state index contributed by atoms with van der Waals surface area (Å²) < 4.78 is 23.8. The molecular formula is C16H19N3O4S2. The number of hydrogen-bond donors (Lipinski definition) is 0. The summed E-state index contributed by atoms with van der Waals surface area (Å²) in [5.74, 6) is 0.354. The lowest BCUT2D eigenvalue weighted by Crippen LogP contribution is -2.33. The van der Waals surface area contributed by atoms with E-state index in [1.54, 1.807) is 23.5 Å². The van der Waals surface area contributed by atoms with Crippen LogP contribution >= 0.6 is 11.3 Å². The van der Waals surface area contributed by atoms with Gasteiger partial charge in [-0.1, -0.05) is 6.07 Å². The van der Waals surface area contributed by atoms with Crippen molar-refractivity contribution < 1.29 is 13.3 Å². The van der Waals surface area contributed by atoms with Crippen molar-refractivity contribution in [1.82, 2.24) is 4.98 Å². The molecule has 0 unspecified atom stereocenters. The number of aromatic nitrogens is 1. The number of rotatable bonds is 4. The smallest absolute Gasteiger partial charge is 0.311 e. The molecule has 9 heteroatoms. The number of aryl methyl sites for hydroxylation is 1. The van der Waals surface area contributed by atoms with Crippen LogP contribution in [0, 0.1) is 17.0 Å². The monoisotopic (exact) mass is 381 g/mol. The van der Waals surface area contributed by atoms with Gasteiger partial charge in [0, 0.05) is 36.3 Å². The number of nitro groups is 1. The number of benzene rings is 1. The Morgan fingerprint density at radius 3 is 2.52 bits per heavy atom. The van der Waals surface area contributed by atoms with E-state index >= 15 is 0 Å². The summed E-state index contributed by atoms with van der Waals surface area (Å²) in [6.07, 6.45) is 2.68. The SMILES string of the molecule is Cc1csc(C2CCN(c3cccc(S(C)(=O)=O)c3[N+](=O)[O-])CC2)n1. The fourth-order valence-corrected chi connectivity index (χ4v) is 5.00. The molecule has 1 saturated heterocycles. The third-order valence-corrected chi connectivity index (χ3v) is 6.63. The average molecular weight is 381 g/mol. The van der Waals surface area contributed by atoms with Crippen LogP contribution in [0.1, 0.15) is 29.5 Å². The molecule has 0 amide bonds. The molecule has 134 valence electrons. The molecule has 0 spiro atoms. The van der Waals surface area contributed by atoms with Gasteiger partial charge in [-0.15, -0.1) is 11.3 Å². The van der Waals surface area contributed by atoms with Crippen molar-refractivity contribution in [3.05, 3.63) is 44.4 Å². The average Bonchev–Trinajstić information content (AvgIpc) is 3.00. The molecule has 1 fully saturated rings. The number of anilines is 1. The van der Waals surface area contributed by atoms with Gasteiger partial charge in [-0.2, -0.15) is 0 Å². The molecule has 1 aliphatic heterocycles. The van der Waals surface area contributed by atoms with Crippen molar-refractivity contribution in [2.45, 2.75) is 30.6 Å². The minimum Gasteiger partial charge on any atom is -0.366 e. The maximum absolute atomic E-state index is 11.9. The molecule has 3 rings (SSSR count). The molecule has 1 aromatic heterocycles. The zero-order chi connectivity index (χ0) is 18.2. The third kappa shape index (κ3) is 3.67. The Morgan fingerprint density at radius 2 is 2.00 bits per heavy atom. The molecular weight excluding hydrogens is 362 g/mol. The molecule has 0 saturated carbocycles. The van der Waals surface area contributed by atoms with Crippen molar-refractivity contribution >= 4 is 32.5 Å². The minimum absolute atomic E-state index is 0.229. The largest absolute Gasteiger partial charge is 0.366 e. The zero-order valence-electron chi connectivity index (χ0n) is 14.0. The highest BCUT2D eigenvalue weighted by Crippen LogP contribution is 2.38. The molecule has 2 aromatic rings. The predicted octanol–water partition coefficient (Wildman–Crippen LogP) is 3.15. The highest BCUT2D eigenvalue weighted by molar-refractivity contribution is 7.90. The van der Waals surface area contributed by atoms with Crippen LogP contribution in [-0.2, 0) is 9.84 Å². The van der Waals surface area contributed by atoms with E-state index in [1.807, 2.05) is 17.2 Å². The fraction of sp³-hybridized carbons (Fsp3) is 0.438. The van der Waals surface area contributed by atoms with E-state index in [9.17, 15) is 18.5 Å². The Hall–Kier alpha value is -2.00. The molecule has 7 nitrogen and oxygen atoms in total. The molecule has 2 heterocycles. The standard InChI is InChI=1S/C16H19N3O4S2/c1-11-10-24-16(17-11)12-6-8-18(9-7-12)13-4-3-5-14(25(2,22)23)15(13)19(20)21/h3-5,10,12H,6-9H2,1-2H3. The van der Waals surface area contributed by atoms with E-state index in [-0.39, 0.29) is 10.6 Å². The number of nitrogens with zero attached hydrogens (tertiary/aromatic N) is 3. The Bertz CT molecular complexity index is 900. The van der Waals surface area contributed by atoms with Crippen LogP contribution in [-0.4, -0.2) is 37.7 Å². The number of para-hydroxylation sites is 1. The lowest BCUT2D eigenvalue weighted by Gasteiger charge is -2.32. The minimum atomic E-state index is -3.67. The normalized spacial score (nSPS) is 16.2. The molecule has 0 N–H and O–H groups in total. The summed E-state index contributed by atoms with van der Waals surface area (Å²) in [6.45, 7) is 3.24. The van der Waals surface area contributed by atoms with Crippen LogP contribution in [0.4, 0.5) is 11.4 Å². The van der Waals surface area contributed by atoms with E-state index in [4.69, 9.17) is 0 Å². The first-order chi connectivity index (χ1) is 11.8. The number of piperidine rings is 1. The summed E-state index contributed by atoms with van der Waals surface area (Å²) in [4.78, 5) is 17.1. The fourth-order valence-electron chi connectivity index (χ4n) is 3.18. The van der Waals surface area contributed by atoms with Crippen molar-refractivity contribution in [1.29, 1.82) is 0 Å². The summed E-state index contributed by atoms with van der Waals surface area (Å²) >= 11 is 1.65. The first-order valence-electron chi connectivity index (χ1n) is 7.92. The second kappa shape index (κ2) is 6.72. The molecule has 1 aromatic carbocycles. The Labute approximate surface area is 150 Å². The summed E-state index contributed by atoms with van der Waals surface area (Å²) in [5, 5.41) is 14.7. The van der Waals surface area contributed by atoms with Crippen molar-refractivity contribution in [2.75, 3.05) is 24.2 Å². The van der Waals surface area contributed by atoms with Crippen molar-refractivity contribution in [2.24, 2.45) is 0 Å². The molecule has 0 radical (unpaired) electrons. The Balaban J connectivity index is 1.87. The van der Waals surface area contributed by atoms with Crippen molar-refractivity contribution in [3.8, 4) is 0 Å². The number of thiazole rings is 1. The molecule has 25 heavy (non-hydrogen) atoms. The van der Waals surface area contributed by atoms with Crippen LogP contribution in [0.15, 0.2) is 28.5 Å². The van der Waals surface area contributed by atoms with Gasteiger partial charge in [0.1, 0.15) is 10.6 Å². The van der Waals surface area contributed by atoms with Crippen LogP contribution < -0.4 is 4.90 Å². The lowest BCUT2D eigenvalue weighted by molar-refractivity contribution is -0.387. The molecule has 1 aliphatic rings. The second-order valence-corrected chi connectivity index (χ2v) is 9.12. The maximum atomic E-state index is 11.9. The van der Waals surface area contributed by atoms with Gasteiger partial charge in [0.15, 0.2) is 9.84 Å². The third-order valence-electron chi connectivity index (χ3n) is 4.38. The molecule has 0 aliphatic carbocycles. The Morgan fingerprint density at radius 1 is 1.32 bits per heavy atom. The summed E-state index contributed by atoms with van der Waals surface area (Å²) in [7, 11) is -3.67. The van der Waals surface area contributed by atoms with E-state index in [0.717, 1.165) is 29.8 Å². The first kappa shape index (κ1) is 17.8. The lowest BCUT2D eigenvalue weighted by atomic mass is 9.97. The summed E-state index contributed by atoms with van der Waals surface area (Å²) in [5.41, 5.74) is 1.06. The van der Waals surface area contributed by atoms with Gasteiger partial charge in [0.25, 0.3) is 0 Å². The zero-order valence-corrected chi connectivity index (χ0v) is 15.6. The van der Waals surface area contributed by atoms with Crippen molar-refractivity contribution in [3.63, 3.8) is 0 Å². The van der Waals surface area contributed by atoms with Crippen LogP contribution in [0.5, 0.6) is 0 Å². The van der Waals surface area contributed by atoms with Gasteiger partial charge in [-0.05, 0) is 31.9 Å². The van der Waals surface area contributed by atoms with Crippen LogP contribution in [0.2, 0.25) is 0 Å². The van der Waals surface area contributed by atoms with E-state index in [1.165, 1.54) is 6.07 Å². The number of nitro benzene ring substituents is 1. The molecule has 0 bridgehead atoms. The second-order valence-electron chi connectivity index (χ2n) is 6.24. The van der Waals surface area contributed by atoms with Crippen LogP contribution in [0.3, 0.4) is 0 Å². The number of hydrogen-bond acceptors (Lipinski definition) is 7. The van der Waals surface area contributed by atoms with E-state index < -0.39 is 14.8 Å². The van der Waals surface area contributed by atoms with Gasteiger partial charge >= 0.3 is 5.69 Å². The van der Waals surface area contributed by atoms with E-state index in [2.05, 4.69) is 4.98 Å². The maximum Gasteiger partial charge on any atom is 0.311 e. The highest BCUT2D eigenvalue weighted by atomic mass is 32.2. The topological polar surface area (TPSA) is 93.4 Å². The molecule has 0 atom stereocenters. The quantitative estimate of drug-likeness (QED) is 0.596. The van der Waals surface area contributed by atoms with Gasteiger partial charge in [-0.25, -0.2) is 13.4 Å². The predicted molar refractivity (Wildman–Crippen MR) is 97.2 cm³/mol. The number of sulfone groups is 1. The van der Waals surface area contributed by atoms with Gasteiger partial charge in [0.2, 0.25) is 0 Å². The van der Waals surface area contributed by atoms with Gasteiger partial charge < -0.3 is 4.90 Å². The highest BCUT2D eigenvalue weighted by Gasteiger charge is 2.31. The first-order valence-corrected chi connectivity index (χ1v) is 10.7. The van der Waals surface area contributed by atoms with E-state index in [0.29, 0.717) is 24.7 Å².